The number of aliphatic imine (C=N–C) groups is 1. The minimum atomic E-state index is -3.93. The number of nitrogens with zero attached hydrogens (tertiary/aromatic N) is 3. The van der Waals surface area contributed by atoms with Crippen LogP contribution in [0.15, 0.2) is 58.7 Å². The van der Waals surface area contributed by atoms with Crippen LogP contribution in [0.1, 0.15) is 64.2 Å². The number of carboxylic acid groups (broad SMARTS) is 1. The van der Waals surface area contributed by atoms with Gasteiger partial charge in [0.1, 0.15) is 5.82 Å². The van der Waals surface area contributed by atoms with E-state index in [2.05, 4.69) is 20.0 Å². The number of rotatable bonds is 6. The van der Waals surface area contributed by atoms with Gasteiger partial charge in [0.2, 0.25) is 27.7 Å². The maximum absolute atomic E-state index is 14.7. The zero-order chi connectivity index (χ0) is 35.2. The van der Waals surface area contributed by atoms with Gasteiger partial charge in [-0.25, -0.2) is 22.6 Å². The predicted molar refractivity (Wildman–Crippen MR) is 180 cm³/mol. The van der Waals surface area contributed by atoms with Gasteiger partial charge in [0, 0.05) is 48.4 Å². The molecule has 50 heavy (non-hydrogen) atoms. The lowest BCUT2D eigenvalue weighted by Crippen LogP contribution is -2.50. The number of Topliss-reactive ketones (excluding diaryl/α,β-unsaturated/α-hetero) is 1. The molecular formula is C35H36FN5O8S. The Kier molecular flexibility index (Phi) is 9.01. The molecule has 1 saturated heterocycles. The number of aromatic nitrogens is 1. The first-order valence-corrected chi connectivity index (χ1v) is 18.3. The first-order chi connectivity index (χ1) is 24.0. The highest BCUT2D eigenvalue weighted by atomic mass is 32.2. The fourth-order valence-electron chi connectivity index (χ4n) is 6.88. The smallest absolute Gasteiger partial charge is 0.405 e. The molecule has 3 amide bonds. The van der Waals surface area contributed by atoms with Gasteiger partial charge in [0.05, 0.1) is 28.8 Å². The zero-order valence-corrected chi connectivity index (χ0v) is 27.8. The van der Waals surface area contributed by atoms with E-state index in [1.807, 2.05) is 12.1 Å². The lowest BCUT2D eigenvalue weighted by atomic mass is 9.99. The number of nitrogens with one attached hydrogen (secondary N) is 2. The van der Waals surface area contributed by atoms with Crippen LogP contribution in [0.25, 0.3) is 21.7 Å². The molecule has 3 heterocycles. The molecule has 0 bridgehead atoms. The van der Waals surface area contributed by atoms with Gasteiger partial charge in [-0.3, -0.25) is 29.0 Å². The minimum Gasteiger partial charge on any atom is -0.465 e. The number of benzene rings is 2. The van der Waals surface area contributed by atoms with E-state index in [0.717, 1.165) is 16.7 Å². The number of halogens is 1. The number of ether oxygens (including phenoxy) is 1. The van der Waals surface area contributed by atoms with Crippen LogP contribution in [-0.4, -0.2) is 76.9 Å². The van der Waals surface area contributed by atoms with Gasteiger partial charge in [0.25, 0.3) is 0 Å². The number of ketones is 1. The highest BCUT2D eigenvalue weighted by Gasteiger charge is 2.49. The zero-order valence-electron chi connectivity index (χ0n) is 27.0. The first kappa shape index (κ1) is 33.6. The Bertz CT molecular complexity index is 2080. The molecule has 1 saturated carbocycles. The number of amides is 3. The summed E-state index contributed by atoms with van der Waals surface area (Å²) in [6.07, 6.45) is 1.93. The molecule has 7 rings (SSSR count). The Morgan fingerprint density at radius 1 is 0.980 bits per heavy atom. The third-order valence-corrected chi connectivity index (χ3v) is 11.6. The van der Waals surface area contributed by atoms with Crippen molar-refractivity contribution in [1.29, 1.82) is 0 Å². The average Bonchev–Trinajstić information content (AvgIpc) is 4.01. The second kappa shape index (κ2) is 13.4. The van der Waals surface area contributed by atoms with Crippen LogP contribution in [-0.2, 0) is 24.4 Å². The summed E-state index contributed by atoms with van der Waals surface area (Å²) in [5.74, 6) is -3.53. The number of fused-ring (bicyclic) bond motifs is 4. The summed E-state index contributed by atoms with van der Waals surface area (Å²) in [7, 11) is -3.93. The van der Waals surface area contributed by atoms with Crippen LogP contribution in [0.2, 0.25) is 0 Å². The van der Waals surface area contributed by atoms with E-state index in [0.29, 0.717) is 54.8 Å². The van der Waals surface area contributed by atoms with E-state index < -0.39 is 69.0 Å². The van der Waals surface area contributed by atoms with Crippen LogP contribution in [0.4, 0.5) is 9.18 Å². The van der Waals surface area contributed by atoms with Crippen molar-refractivity contribution in [2.45, 2.75) is 87.8 Å². The molecule has 4 aliphatic rings. The van der Waals surface area contributed by atoms with Crippen molar-refractivity contribution in [2.24, 2.45) is 10.9 Å². The third kappa shape index (κ3) is 7.04. The van der Waals surface area contributed by atoms with Crippen molar-refractivity contribution >= 4 is 61.6 Å². The van der Waals surface area contributed by atoms with Crippen molar-refractivity contribution in [1.82, 2.24) is 19.9 Å². The van der Waals surface area contributed by atoms with Crippen LogP contribution in [0, 0.1) is 11.7 Å². The average molecular weight is 706 g/mol. The number of sulfonamides is 1. The fraction of sp³-hybridized carbons (Fsp3) is 0.429. The van der Waals surface area contributed by atoms with Crippen LogP contribution < -0.4 is 14.8 Å². The lowest BCUT2D eigenvalue weighted by molar-refractivity contribution is -0.137. The van der Waals surface area contributed by atoms with Gasteiger partial charge in [0.15, 0.2) is 12.0 Å². The van der Waals surface area contributed by atoms with Gasteiger partial charge in [-0.05, 0) is 61.3 Å². The number of carbonyl (C=O) groups is 4. The Morgan fingerprint density at radius 2 is 1.78 bits per heavy atom. The summed E-state index contributed by atoms with van der Waals surface area (Å²) in [6, 6.07) is 9.31. The summed E-state index contributed by atoms with van der Waals surface area (Å²) in [5, 5.41) is 12.8. The standard InChI is InChI=1S/C35H36FN5O8S/c36-20-9-12-22-23-6-2-4-7-26(23)38-34(24(22)16-20)49-32-14-13-30(42)27(39-35(45)46)8-3-1-5-19-15-28(19)37-18-29-25(17-31(43)41(29)32)33(44)40-50(47,48)21-10-11-21/h2,4,6-7,9,12,16,18,21,25,27,29,32,39H,1,3,5,8,10-11,13-15,17H2,(H,40,44)(H,45,46)/b37-18-/t25-,27+,29-,32?/m1/s1. The van der Waals surface area contributed by atoms with E-state index >= 15 is 0 Å². The van der Waals surface area contributed by atoms with Gasteiger partial charge < -0.3 is 15.2 Å². The second-order valence-corrected chi connectivity index (χ2v) is 15.2. The number of para-hydroxylation sites is 1. The normalized spacial score (nSPS) is 25.3. The van der Waals surface area contributed by atoms with Crippen molar-refractivity contribution in [3.8, 4) is 5.88 Å². The molecule has 15 heteroatoms. The number of hydrogen-bond acceptors (Lipinski definition) is 9. The van der Waals surface area contributed by atoms with E-state index in [9.17, 15) is 37.1 Å². The molecule has 1 aromatic heterocycles. The molecule has 2 aliphatic heterocycles. The highest BCUT2D eigenvalue weighted by Crippen LogP contribution is 2.39. The molecule has 262 valence electrons. The molecule has 4 atom stereocenters. The summed E-state index contributed by atoms with van der Waals surface area (Å²) >= 11 is 0. The van der Waals surface area contributed by atoms with Crippen LogP contribution in [0.5, 0.6) is 5.88 Å². The lowest BCUT2D eigenvalue weighted by Gasteiger charge is -2.33. The largest absolute Gasteiger partial charge is 0.465 e. The summed E-state index contributed by atoms with van der Waals surface area (Å²) < 4.78 is 48.9. The SMILES string of the molecule is O=C(O)N[C@H]1CCCCC2=C(C2)/N=C\[C@@H]2[C@H](C(=O)NS(=O)(=O)C3CC3)CC(=O)N2C(Oc2nc3ccccc3c3ccc(F)cc23)CCC1=O. The Labute approximate surface area is 287 Å². The number of pyridine rings is 1. The Morgan fingerprint density at radius 3 is 2.56 bits per heavy atom. The predicted octanol–water partition coefficient (Wildman–Crippen LogP) is 4.35. The number of hydrogen-bond donors (Lipinski definition) is 3. The summed E-state index contributed by atoms with van der Waals surface area (Å²) in [5.41, 5.74) is 2.39. The third-order valence-electron chi connectivity index (χ3n) is 9.74. The topological polar surface area (TPSA) is 184 Å². The van der Waals surface area contributed by atoms with Crippen molar-refractivity contribution in [3.63, 3.8) is 0 Å². The van der Waals surface area contributed by atoms with Crippen molar-refractivity contribution < 1.29 is 41.8 Å². The van der Waals surface area contributed by atoms with E-state index in [4.69, 9.17) is 4.74 Å². The molecule has 3 aromatic rings. The second-order valence-electron chi connectivity index (χ2n) is 13.3. The molecule has 0 radical (unpaired) electrons. The summed E-state index contributed by atoms with van der Waals surface area (Å²) in [6.45, 7) is 0. The van der Waals surface area contributed by atoms with E-state index in [1.54, 1.807) is 18.2 Å². The Balaban J connectivity index is 1.30. The van der Waals surface area contributed by atoms with Crippen LogP contribution in [0.3, 0.4) is 0 Å². The maximum atomic E-state index is 14.7. The first-order valence-electron chi connectivity index (χ1n) is 16.8. The maximum Gasteiger partial charge on any atom is 0.405 e. The van der Waals surface area contributed by atoms with Gasteiger partial charge in [-0.1, -0.05) is 30.7 Å². The molecule has 2 fully saturated rings. The number of allylic oxidation sites excluding steroid dienone is 2. The van der Waals surface area contributed by atoms with Gasteiger partial charge >= 0.3 is 6.09 Å². The van der Waals surface area contributed by atoms with Crippen molar-refractivity contribution in [2.75, 3.05) is 0 Å². The quantitative estimate of drug-likeness (QED) is 0.314. The molecule has 2 aliphatic carbocycles. The van der Waals surface area contributed by atoms with Crippen molar-refractivity contribution in [3.05, 3.63) is 59.6 Å². The van der Waals surface area contributed by atoms with Gasteiger partial charge in [-0.15, -0.1) is 0 Å². The Hall–Kier alpha value is -4.92. The van der Waals surface area contributed by atoms with E-state index in [1.165, 1.54) is 23.2 Å². The van der Waals surface area contributed by atoms with Crippen LogP contribution >= 0.6 is 0 Å². The van der Waals surface area contributed by atoms with E-state index in [-0.39, 0.29) is 31.6 Å². The molecule has 2 aromatic carbocycles. The molecule has 13 nitrogen and oxygen atoms in total. The molecule has 0 spiro atoms. The highest BCUT2D eigenvalue weighted by molar-refractivity contribution is 7.90. The monoisotopic (exact) mass is 705 g/mol. The summed E-state index contributed by atoms with van der Waals surface area (Å²) in [4.78, 5) is 63.2. The minimum absolute atomic E-state index is 0.0198. The molecule has 1 unspecified atom stereocenters. The number of carbonyl (C=O) groups excluding carboxylic acids is 3. The molecule has 3 N–H and O–H groups in total. The fourth-order valence-corrected chi connectivity index (χ4v) is 8.24. The molecular weight excluding hydrogens is 669 g/mol. The van der Waals surface area contributed by atoms with Gasteiger partial charge in [-0.2, -0.15) is 0 Å².